The van der Waals surface area contributed by atoms with Crippen LogP contribution in [0.4, 0.5) is 0 Å². The number of hydrogen-bond donors (Lipinski definition) is 2. The summed E-state index contributed by atoms with van der Waals surface area (Å²) >= 11 is 0. The fourth-order valence-electron chi connectivity index (χ4n) is 6.46. The lowest BCUT2D eigenvalue weighted by atomic mass is 10.0. The average Bonchev–Trinajstić information content (AvgIpc) is 3.13. The number of carbonyl (C=O) groups is 2. The Hall–Kier alpha value is -0.990. The summed E-state index contributed by atoms with van der Waals surface area (Å²) in [4.78, 5) is 34.7. The van der Waals surface area contributed by atoms with Gasteiger partial charge in [-0.25, -0.2) is 4.57 Å². The SMILES string of the molecule is CCCCCCCCCCCCCCCCCCCCCCCCCC(=O)OC(COC(=O)CCCCCCCCCC)COP(=O)(O)OCCN. The Balaban J connectivity index is 3.93. The van der Waals surface area contributed by atoms with Crippen molar-refractivity contribution in [3.63, 3.8) is 0 Å². The van der Waals surface area contributed by atoms with Gasteiger partial charge in [0.05, 0.1) is 13.2 Å². The van der Waals surface area contributed by atoms with Crippen LogP contribution in [0, 0.1) is 0 Å². The molecule has 0 radical (unpaired) electrons. The van der Waals surface area contributed by atoms with Gasteiger partial charge in [0.25, 0.3) is 0 Å². The van der Waals surface area contributed by atoms with Crippen LogP contribution in [0.5, 0.6) is 0 Å². The lowest BCUT2D eigenvalue weighted by Crippen LogP contribution is -2.29. The van der Waals surface area contributed by atoms with Crippen LogP contribution < -0.4 is 5.73 Å². The van der Waals surface area contributed by atoms with Crippen molar-refractivity contribution in [1.29, 1.82) is 0 Å². The second-order valence-electron chi connectivity index (χ2n) is 14.9. The molecule has 0 aliphatic rings. The molecule has 2 unspecified atom stereocenters. The topological polar surface area (TPSA) is 134 Å². The lowest BCUT2D eigenvalue weighted by Gasteiger charge is -2.19. The van der Waals surface area contributed by atoms with Crippen LogP contribution in [0.3, 0.4) is 0 Å². The maximum absolute atomic E-state index is 12.6. The van der Waals surface area contributed by atoms with Gasteiger partial charge in [-0.2, -0.15) is 0 Å². The zero-order valence-corrected chi connectivity index (χ0v) is 35.0. The van der Waals surface area contributed by atoms with Crippen molar-refractivity contribution in [3.8, 4) is 0 Å². The van der Waals surface area contributed by atoms with Crippen molar-refractivity contribution in [2.45, 2.75) is 232 Å². The lowest BCUT2D eigenvalue weighted by molar-refractivity contribution is -0.161. The number of phosphoric ester groups is 1. The quantitative estimate of drug-likeness (QED) is 0.0354. The molecule has 0 aromatic carbocycles. The van der Waals surface area contributed by atoms with Crippen LogP contribution >= 0.6 is 7.82 Å². The van der Waals surface area contributed by atoms with E-state index in [0.29, 0.717) is 6.42 Å². The summed E-state index contributed by atoms with van der Waals surface area (Å²) in [5.74, 6) is -0.819. The molecular weight excluding hydrogens is 677 g/mol. The zero-order chi connectivity index (χ0) is 38.2. The first-order valence-corrected chi connectivity index (χ1v) is 23.5. The van der Waals surface area contributed by atoms with Gasteiger partial charge >= 0.3 is 19.8 Å². The highest BCUT2D eigenvalue weighted by molar-refractivity contribution is 7.47. The molecular formula is C42H84NO8P. The molecule has 0 saturated carbocycles. The molecule has 0 spiro atoms. The van der Waals surface area contributed by atoms with Gasteiger partial charge in [0.15, 0.2) is 6.10 Å². The Morgan fingerprint density at radius 1 is 0.500 bits per heavy atom. The number of unbranched alkanes of at least 4 members (excludes halogenated alkanes) is 29. The van der Waals surface area contributed by atoms with Crippen molar-refractivity contribution in [3.05, 3.63) is 0 Å². The van der Waals surface area contributed by atoms with Gasteiger partial charge in [-0.15, -0.1) is 0 Å². The minimum Gasteiger partial charge on any atom is -0.462 e. The number of carbonyl (C=O) groups excluding carboxylic acids is 2. The molecule has 0 aliphatic heterocycles. The van der Waals surface area contributed by atoms with Crippen LogP contribution in [-0.2, 0) is 32.7 Å². The van der Waals surface area contributed by atoms with Crippen molar-refractivity contribution in [2.75, 3.05) is 26.4 Å². The maximum Gasteiger partial charge on any atom is 0.472 e. The number of esters is 2. The van der Waals surface area contributed by atoms with Crippen molar-refractivity contribution >= 4 is 19.8 Å². The molecule has 0 aromatic heterocycles. The van der Waals surface area contributed by atoms with E-state index in [9.17, 15) is 19.0 Å². The third-order valence-electron chi connectivity index (χ3n) is 9.74. The van der Waals surface area contributed by atoms with Gasteiger partial charge < -0.3 is 20.1 Å². The largest absolute Gasteiger partial charge is 0.472 e. The van der Waals surface area contributed by atoms with Crippen LogP contribution in [0.2, 0.25) is 0 Å². The Kier molecular flexibility index (Phi) is 38.9. The molecule has 0 bridgehead atoms. The van der Waals surface area contributed by atoms with Gasteiger partial charge in [-0.05, 0) is 12.8 Å². The van der Waals surface area contributed by atoms with E-state index in [0.717, 1.165) is 32.1 Å². The minimum atomic E-state index is -4.36. The second kappa shape index (κ2) is 39.7. The Bertz CT molecular complexity index is 830. The first kappa shape index (κ1) is 51.0. The highest BCUT2D eigenvalue weighted by Gasteiger charge is 2.26. The fourth-order valence-corrected chi connectivity index (χ4v) is 7.23. The summed E-state index contributed by atoms with van der Waals surface area (Å²) in [6, 6.07) is 0. The number of hydrogen-bond acceptors (Lipinski definition) is 8. The summed E-state index contributed by atoms with van der Waals surface area (Å²) in [6.07, 6.45) is 38.7. The van der Waals surface area contributed by atoms with E-state index in [2.05, 4.69) is 13.8 Å². The van der Waals surface area contributed by atoms with Crippen molar-refractivity contribution in [1.82, 2.24) is 0 Å². The molecule has 0 heterocycles. The van der Waals surface area contributed by atoms with Gasteiger partial charge in [0.1, 0.15) is 6.61 Å². The standard InChI is InChI=1S/C42H84NO8P/c1-3-5-7-9-11-13-14-15-16-17-18-19-20-21-22-23-24-25-26-27-29-31-33-35-42(45)51-40(39-50-52(46,47)49-37-36-43)38-48-41(44)34-32-30-28-12-10-8-6-4-2/h40H,3-39,43H2,1-2H3,(H,46,47). The Labute approximate surface area is 320 Å². The third kappa shape index (κ3) is 38.7. The predicted molar refractivity (Wildman–Crippen MR) is 215 cm³/mol. The van der Waals surface area contributed by atoms with E-state index in [1.165, 1.54) is 161 Å². The molecule has 0 aromatic rings. The molecule has 52 heavy (non-hydrogen) atoms. The van der Waals surface area contributed by atoms with E-state index < -0.39 is 26.5 Å². The number of ether oxygens (including phenoxy) is 2. The van der Waals surface area contributed by atoms with E-state index in [1.807, 2.05) is 0 Å². The first-order chi connectivity index (χ1) is 25.3. The summed E-state index contributed by atoms with van der Waals surface area (Å²) in [6.45, 7) is 3.73. The predicted octanol–water partition coefficient (Wildman–Crippen LogP) is 12.4. The van der Waals surface area contributed by atoms with Crippen molar-refractivity contribution in [2.24, 2.45) is 5.73 Å². The van der Waals surface area contributed by atoms with Gasteiger partial charge in [0, 0.05) is 19.4 Å². The normalized spacial score (nSPS) is 13.2. The van der Waals surface area contributed by atoms with E-state index in [4.69, 9.17) is 24.3 Å². The zero-order valence-electron chi connectivity index (χ0n) is 34.1. The average molecular weight is 762 g/mol. The number of phosphoric acid groups is 1. The molecule has 0 amide bonds. The molecule has 2 atom stereocenters. The molecule has 0 aliphatic carbocycles. The van der Waals surface area contributed by atoms with Crippen LogP contribution in [0.1, 0.15) is 226 Å². The highest BCUT2D eigenvalue weighted by atomic mass is 31.2. The maximum atomic E-state index is 12.6. The summed E-state index contributed by atoms with van der Waals surface area (Å²) in [7, 11) is -4.36. The summed E-state index contributed by atoms with van der Waals surface area (Å²) in [5, 5.41) is 0. The smallest absolute Gasteiger partial charge is 0.462 e. The fraction of sp³-hybridized carbons (Fsp3) is 0.952. The highest BCUT2D eigenvalue weighted by Crippen LogP contribution is 2.43. The molecule has 3 N–H and O–H groups in total. The van der Waals surface area contributed by atoms with E-state index >= 15 is 0 Å². The summed E-state index contributed by atoms with van der Waals surface area (Å²) in [5.41, 5.74) is 5.34. The van der Waals surface area contributed by atoms with Crippen LogP contribution in [0.15, 0.2) is 0 Å². The van der Waals surface area contributed by atoms with Gasteiger partial charge in [-0.1, -0.05) is 200 Å². The summed E-state index contributed by atoms with van der Waals surface area (Å²) < 4.78 is 32.7. The molecule has 9 nitrogen and oxygen atoms in total. The Morgan fingerprint density at radius 2 is 0.827 bits per heavy atom. The van der Waals surface area contributed by atoms with Gasteiger partial charge in [0.2, 0.25) is 0 Å². The molecule has 0 rings (SSSR count). The second-order valence-corrected chi connectivity index (χ2v) is 16.4. The van der Waals surface area contributed by atoms with Gasteiger partial charge in [-0.3, -0.25) is 18.6 Å². The van der Waals surface area contributed by atoms with Crippen molar-refractivity contribution < 1.29 is 37.6 Å². The first-order valence-electron chi connectivity index (χ1n) is 22.0. The van der Waals surface area contributed by atoms with E-state index in [1.54, 1.807) is 0 Å². The molecule has 0 saturated heterocycles. The van der Waals surface area contributed by atoms with Crippen LogP contribution in [-0.4, -0.2) is 49.3 Å². The van der Waals surface area contributed by atoms with Crippen LogP contribution in [0.25, 0.3) is 0 Å². The monoisotopic (exact) mass is 762 g/mol. The molecule has 10 heteroatoms. The molecule has 310 valence electrons. The number of rotatable bonds is 42. The van der Waals surface area contributed by atoms with E-state index in [-0.39, 0.29) is 38.6 Å². The Morgan fingerprint density at radius 3 is 1.17 bits per heavy atom. The number of nitrogens with two attached hydrogens (primary N) is 1. The third-order valence-corrected chi connectivity index (χ3v) is 10.7. The molecule has 0 fully saturated rings. The minimum absolute atomic E-state index is 0.0578.